The summed E-state index contributed by atoms with van der Waals surface area (Å²) in [6.07, 6.45) is 0. The second-order valence-corrected chi connectivity index (χ2v) is 7.59. The topological polar surface area (TPSA) is 24.9 Å². The first kappa shape index (κ1) is 16.1. The van der Waals surface area contributed by atoms with Gasteiger partial charge in [0.05, 0.1) is 10.7 Å². The summed E-state index contributed by atoms with van der Waals surface area (Å²) < 4.78 is 13.1. The normalized spacial score (nSPS) is 15.0. The number of benzene rings is 1. The molecule has 0 amide bonds. The van der Waals surface area contributed by atoms with Gasteiger partial charge in [-0.1, -0.05) is 32.9 Å². The van der Waals surface area contributed by atoms with Crippen molar-refractivity contribution in [1.82, 2.24) is 10.3 Å². The SMILES string of the molecule is Cc1nc(C(C)NC(c2ccc(F)cc2)C(C)(C)C)cs1. The molecule has 0 aliphatic carbocycles. The molecule has 0 bridgehead atoms. The van der Waals surface area contributed by atoms with Crippen LogP contribution in [0, 0.1) is 18.2 Å². The maximum Gasteiger partial charge on any atom is 0.123 e. The van der Waals surface area contributed by atoms with E-state index in [0.717, 1.165) is 16.3 Å². The van der Waals surface area contributed by atoms with Crippen molar-refractivity contribution in [3.63, 3.8) is 0 Å². The maximum absolute atomic E-state index is 13.1. The van der Waals surface area contributed by atoms with Crippen LogP contribution < -0.4 is 5.32 Å². The zero-order valence-corrected chi connectivity index (χ0v) is 14.1. The Morgan fingerprint density at radius 1 is 1.19 bits per heavy atom. The molecule has 1 aromatic carbocycles. The number of thiazole rings is 1. The standard InChI is InChI=1S/C17H23FN2S/c1-11(15-10-21-12(2)20-15)19-16(17(3,4)5)13-6-8-14(18)9-7-13/h6-11,16,19H,1-5H3. The largest absolute Gasteiger partial charge is 0.301 e. The first-order chi connectivity index (χ1) is 9.77. The first-order valence-corrected chi connectivity index (χ1v) is 8.09. The Hall–Kier alpha value is -1.26. The number of rotatable bonds is 4. The zero-order valence-electron chi connectivity index (χ0n) is 13.3. The predicted molar refractivity (Wildman–Crippen MR) is 87.0 cm³/mol. The fraction of sp³-hybridized carbons (Fsp3) is 0.471. The quantitative estimate of drug-likeness (QED) is 0.857. The van der Waals surface area contributed by atoms with Crippen LogP contribution in [0.4, 0.5) is 4.39 Å². The summed E-state index contributed by atoms with van der Waals surface area (Å²) >= 11 is 1.66. The molecule has 2 nitrogen and oxygen atoms in total. The third-order valence-corrected chi connectivity index (χ3v) is 4.36. The summed E-state index contributed by atoms with van der Waals surface area (Å²) in [7, 11) is 0. The Kier molecular flexibility index (Phi) is 4.79. The lowest BCUT2D eigenvalue weighted by atomic mass is 9.82. The van der Waals surface area contributed by atoms with Gasteiger partial charge in [-0.25, -0.2) is 9.37 Å². The van der Waals surface area contributed by atoms with Crippen molar-refractivity contribution < 1.29 is 4.39 Å². The molecule has 1 aromatic heterocycles. The van der Waals surface area contributed by atoms with Crippen molar-refractivity contribution in [2.24, 2.45) is 5.41 Å². The van der Waals surface area contributed by atoms with Gasteiger partial charge in [-0.3, -0.25) is 0 Å². The van der Waals surface area contributed by atoms with Crippen molar-refractivity contribution >= 4 is 11.3 Å². The second-order valence-electron chi connectivity index (χ2n) is 6.53. The molecule has 114 valence electrons. The minimum atomic E-state index is -0.199. The Morgan fingerprint density at radius 2 is 1.81 bits per heavy atom. The van der Waals surface area contributed by atoms with Crippen LogP contribution in [-0.4, -0.2) is 4.98 Å². The predicted octanol–water partition coefficient (Wildman–Crippen LogP) is 5.03. The Labute approximate surface area is 130 Å². The van der Waals surface area contributed by atoms with E-state index in [1.807, 2.05) is 19.1 Å². The van der Waals surface area contributed by atoms with Crippen LogP contribution in [0.2, 0.25) is 0 Å². The molecule has 2 aromatic rings. The van der Waals surface area contributed by atoms with E-state index in [2.05, 4.69) is 43.4 Å². The molecule has 1 N–H and O–H groups in total. The van der Waals surface area contributed by atoms with Crippen molar-refractivity contribution in [3.8, 4) is 0 Å². The Morgan fingerprint density at radius 3 is 2.29 bits per heavy atom. The van der Waals surface area contributed by atoms with Crippen LogP contribution in [0.15, 0.2) is 29.6 Å². The van der Waals surface area contributed by atoms with Gasteiger partial charge >= 0.3 is 0 Å². The van der Waals surface area contributed by atoms with Crippen LogP contribution in [0.25, 0.3) is 0 Å². The van der Waals surface area contributed by atoms with Crippen LogP contribution in [-0.2, 0) is 0 Å². The fourth-order valence-electron chi connectivity index (χ4n) is 2.42. The molecule has 21 heavy (non-hydrogen) atoms. The number of nitrogens with one attached hydrogen (secondary N) is 1. The summed E-state index contributed by atoms with van der Waals surface area (Å²) in [6, 6.07) is 7.05. The molecule has 2 rings (SSSR count). The smallest absolute Gasteiger partial charge is 0.123 e. The highest BCUT2D eigenvalue weighted by molar-refractivity contribution is 7.09. The van der Waals surface area contributed by atoms with Gasteiger partial charge in [-0.2, -0.15) is 0 Å². The number of nitrogens with zero attached hydrogens (tertiary/aromatic N) is 1. The number of hydrogen-bond acceptors (Lipinski definition) is 3. The van der Waals surface area contributed by atoms with Gasteiger partial charge in [-0.05, 0) is 37.0 Å². The number of aromatic nitrogens is 1. The van der Waals surface area contributed by atoms with E-state index in [1.165, 1.54) is 12.1 Å². The molecule has 0 saturated heterocycles. The van der Waals surface area contributed by atoms with E-state index in [0.29, 0.717) is 0 Å². The highest BCUT2D eigenvalue weighted by Gasteiger charge is 2.28. The lowest BCUT2D eigenvalue weighted by molar-refractivity contribution is 0.253. The van der Waals surface area contributed by atoms with Gasteiger partial charge in [-0.15, -0.1) is 11.3 Å². The zero-order chi connectivity index (χ0) is 15.6. The monoisotopic (exact) mass is 306 g/mol. The van der Waals surface area contributed by atoms with E-state index in [-0.39, 0.29) is 23.3 Å². The van der Waals surface area contributed by atoms with Crippen LogP contribution >= 0.6 is 11.3 Å². The summed E-state index contributed by atoms with van der Waals surface area (Å²) in [6.45, 7) is 10.7. The summed E-state index contributed by atoms with van der Waals surface area (Å²) in [5.41, 5.74) is 2.19. The van der Waals surface area contributed by atoms with E-state index in [9.17, 15) is 4.39 Å². The minimum absolute atomic E-state index is 0.0250. The molecule has 2 atom stereocenters. The molecule has 1 heterocycles. The van der Waals surface area contributed by atoms with Crippen molar-refractivity contribution in [2.45, 2.75) is 46.7 Å². The molecule has 0 aliphatic rings. The highest BCUT2D eigenvalue weighted by atomic mass is 32.1. The van der Waals surface area contributed by atoms with E-state index in [1.54, 1.807) is 11.3 Å². The average Bonchev–Trinajstić information content (AvgIpc) is 2.82. The van der Waals surface area contributed by atoms with E-state index < -0.39 is 0 Å². The number of halogens is 1. The molecule has 0 aliphatic heterocycles. The number of hydrogen-bond donors (Lipinski definition) is 1. The van der Waals surface area contributed by atoms with E-state index in [4.69, 9.17) is 0 Å². The average molecular weight is 306 g/mol. The lowest BCUT2D eigenvalue weighted by Gasteiger charge is -2.34. The fourth-order valence-corrected chi connectivity index (χ4v) is 3.12. The van der Waals surface area contributed by atoms with Gasteiger partial charge < -0.3 is 5.32 Å². The molecule has 0 fully saturated rings. The van der Waals surface area contributed by atoms with Gasteiger partial charge in [0, 0.05) is 17.5 Å². The molecule has 4 heteroatoms. The van der Waals surface area contributed by atoms with Gasteiger partial charge in [0.1, 0.15) is 5.82 Å². The highest BCUT2D eigenvalue weighted by Crippen LogP contribution is 2.35. The number of aryl methyl sites for hydroxylation is 1. The molecular weight excluding hydrogens is 283 g/mol. The maximum atomic E-state index is 13.1. The van der Waals surface area contributed by atoms with Crippen LogP contribution in [0.3, 0.4) is 0 Å². The van der Waals surface area contributed by atoms with Gasteiger partial charge in [0.15, 0.2) is 0 Å². The molecule has 0 spiro atoms. The summed E-state index contributed by atoms with van der Waals surface area (Å²) in [4.78, 5) is 4.55. The Balaban J connectivity index is 2.23. The van der Waals surface area contributed by atoms with Crippen LogP contribution in [0.1, 0.15) is 56.0 Å². The van der Waals surface area contributed by atoms with Gasteiger partial charge in [0.25, 0.3) is 0 Å². The van der Waals surface area contributed by atoms with Crippen molar-refractivity contribution in [3.05, 3.63) is 51.7 Å². The summed E-state index contributed by atoms with van der Waals surface area (Å²) in [5, 5.41) is 6.82. The Bertz CT molecular complexity index is 584. The molecule has 0 saturated carbocycles. The van der Waals surface area contributed by atoms with Crippen LogP contribution in [0.5, 0.6) is 0 Å². The summed E-state index contributed by atoms with van der Waals surface area (Å²) in [5.74, 6) is -0.199. The van der Waals surface area contributed by atoms with Gasteiger partial charge in [0.2, 0.25) is 0 Å². The van der Waals surface area contributed by atoms with E-state index >= 15 is 0 Å². The molecule has 2 unspecified atom stereocenters. The molecule has 0 radical (unpaired) electrons. The second kappa shape index (κ2) is 6.24. The minimum Gasteiger partial charge on any atom is -0.301 e. The first-order valence-electron chi connectivity index (χ1n) is 7.21. The third-order valence-electron chi connectivity index (χ3n) is 3.57. The van der Waals surface area contributed by atoms with Crippen molar-refractivity contribution in [2.75, 3.05) is 0 Å². The third kappa shape index (κ3) is 4.11. The lowest BCUT2D eigenvalue weighted by Crippen LogP contribution is -2.34. The van der Waals surface area contributed by atoms with Crippen molar-refractivity contribution in [1.29, 1.82) is 0 Å². The molecular formula is C17H23FN2S.